The van der Waals surface area contributed by atoms with Gasteiger partial charge in [-0.05, 0) is 23.2 Å². The summed E-state index contributed by atoms with van der Waals surface area (Å²) in [6, 6.07) is 0. The molecule has 1 aromatic heterocycles. The van der Waals surface area contributed by atoms with E-state index >= 15 is 0 Å². The average molecular weight is 209 g/mol. The highest BCUT2D eigenvalue weighted by atomic mass is 35.5. The summed E-state index contributed by atoms with van der Waals surface area (Å²) < 4.78 is 0. The third-order valence-electron chi connectivity index (χ3n) is 0.800. The smallest absolute Gasteiger partial charge is 0.411 e. The van der Waals surface area contributed by atoms with Crippen LogP contribution >= 0.6 is 23.2 Å². The third kappa shape index (κ3) is 2.48. The highest BCUT2D eigenvalue weighted by molar-refractivity contribution is 6.31. The number of halogens is 2. The van der Waals surface area contributed by atoms with Gasteiger partial charge in [-0.3, -0.25) is 5.32 Å². The Balaban J connectivity index is 2.93. The summed E-state index contributed by atoms with van der Waals surface area (Å²) in [5.41, 5.74) is 0. The largest absolute Gasteiger partial charge is 0.465 e. The van der Waals surface area contributed by atoms with E-state index in [1.54, 1.807) is 0 Å². The van der Waals surface area contributed by atoms with Crippen LogP contribution in [0.4, 0.5) is 10.7 Å². The molecule has 0 aliphatic heterocycles. The lowest BCUT2D eigenvalue weighted by Gasteiger charge is -1.97. The first kappa shape index (κ1) is 8.95. The van der Waals surface area contributed by atoms with Crippen LogP contribution in [0.5, 0.6) is 0 Å². The molecule has 1 rings (SSSR count). The molecule has 0 saturated carbocycles. The monoisotopic (exact) mass is 208 g/mol. The first-order valence-corrected chi connectivity index (χ1v) is 3.40. The van der Waals surface area contributed by atoms with E-state index in [0.29, 0.717) is 0 Å². The lowest BCUT2D eigenvalue weighted by atomic mass is 10.9. The Bertz CT molecular complexity index is 298. The molecule has 0 bridgehead atoms. The summed E-state index contributed by atoms with van der Waals surface area (Å²) in [6.45, 7) is 0. The SMILES string of the molecule is O=C(O)Nc1nc(Cl)nc(Cl)n1. The number of amides is 1. The molecule has 1 aromatic rings. The lowest BCUT2D eigenvalue weighted by molar-refractivity contribution is 0.209. The molecular formula is C4H2Cl2N4O2. The van der Waals surface area contributed by atoms with Crippen LogP contribution in [0.15, 0.2) is 0 Å². The molecule has 0 atom stereocenters. The molecule has 0 radical (unpaired) electrons. The van der Waals surface area contributed by atoms with Crippen molar-refractivity contribution >= 4 is 35.2 Å². The van der Waals surface area contributed by atoms with Gasteiger partial charge in [0.15, 0.2) is 0 Å². The first-order chi connectivity index (χ1) is 5.58. The number of rotatable bonds is 1. The summed E-state index contributed by atoms with van der Waals surface area (Å²) in [5, 5.41) is 9.79. The molecule has 12 heavy (non-hydrogen) atoms. The Kier molecular flexibility index (Phi) is 2.61. The van der Waals surface area contributed by atoms with Crippen molar-refractivity contribution < 1.29 is 9.90 Å². The van der Waals surface area contributed by atoms with Crippen molar-refractivity contribution in [2.75, 3.05) is 5.32 Å². The van der Waals surface area contributed by atoms with Gasteiger partial charge in [-0.2, -0.15) is 15.0 Å². The zero-order chi connectivity index (χ0) is 9.14. The molecule has 0 aromatic carbocycles. The number of aromatic nitrogens is 3. The van der Waals surface area contributed by atoms with Gasteiger partial charge < -0.3 is 5.11 Å². The predicted molar refractivity (Wildman–Crippen MR) is 41.5 cm³/mol. The lowest BCUT2D eigenvalue weighted by Crippen LogP contribution is -2.11. The standard InChI is InChI=1S/C4H2Cl2N4O2/c5-1-7-2(6)9-3(8-1)10-4(11)12/h(H,11,12)(H,7,8,9,10). The average Bonchev–Trinajstić information content (AvgIpc) is 1.81. The Morgan fingerprint density at radius 3 is 2.17 bits per heavy atom. The van der Waals surface area contributed by atoms with E-state index in [2.05, 4.69) is 15.0 Å². The Hall–Kier alpha value is -1.14. The number of carboxylic acid groups (broad SMARTS) is 1. The Labute approximate surface area is 76.6 Å². The maximum absolute atomic E-state index is 10.1. The second kappa shape index (κ2) is 3.51. The van der Waals surface area contributed by atoms with Crippen molar-refractivity contribution in [2.45, 2.75) is 0 Å². The van der Waals surface area contributed by atoms with Gasteiger partial charge in [-0.15, -0.1) is 0 Å². The molecule has 6 nitrogen and oxygen atoms in total. The van der Waals surface area contributed by atoms with E-state index in [1.165, 1.54) is 0 Å². The van der Waals surface area contributed by atoms with Crippen molar-refractivity contribution in [1.29, 1.82) is 0 Å². The molecule has 0 aliphatic carbocycles. The van der Waals surface area contributed by atoms with Crippen LogP contribution in [-0.2, 0) is 0 Å². The second-order valence-corrected chi connectivity index (χ2v) is 2.30. The fraction of sp³-hybridized carbons (Fsp3) is 0. The van der Waals surface area contributed by atoms with Gasteiger partial charge in [0, 0.05) is 0 Å². The molecule has 0 saturated heterocycles. The maximum Gasteiger partial charge on any atom is 0.411 e. The molecular weight excluding hydrogens is 207 g/mol. The van der Waals surface area contributed by atoms with Crippen molar-refractivity contribution in [2.24, 2.45) is 0 Å². The molecule has 0 fully saturated rings. The van der Waals surface area contributed by atoms with E-state index in [1.807, 2.05) is 5.32 Å². The number of nitrogens with one attached hydrogen (secondary N) is 1. The zero-order valence-corrected chi connectivity index (χ0v) is 6.96. The van der Waals surface area contributed by atoms with Crippen LogP contribution in [0.2, 0.25) is 10.6 Å². The molecule has 0 unspecified atom stereocenters. The number of carbonyl (C=O) groups is 1. The molecule has 64 valence electrons. The summed E-state index contributed by atoms with van der Waals surface area (Å²) in [5.74, 6) is -0.201. The summed E-state index contributed by atoms with van der Waals surface area (Å²) in [6.07, 6.45) is -1.30. The van der Waals surface area contributed by atoms with Gasteiger partial charge in [-0.1, -0.05) is 0 Å². The number of anilines is 1. The first-order valence-electron chi connectivity index (χ1n) is 2.65. The molecule has 2 N–H and O–H groups in total. The van der Waals surface area contributed by atoms with Crippen LogP contribution in [0, 0.1) is 0 Å². The van der Waals surface area contributed by atoms with Crippen molar-refractivity contribution in [3.63, 3.8) is 0 Å². The van der Waals surface area contributed by atoms with Gasteiger partial charge in [0.2, 0.25) is 16.5 Å². The van der Waals surface area contributed by atoms with Crippen LogP contribution in [0.25, 0.3) is 0 Å². The third-order valence-corrected chi connectivity index (χ3v) is 1.14. The Morgan fingerprint density at radius 1 is 1.25 bits per heavy atom. The van der Waals surface area contributed by atoms with Gasteiger partial charge in [0.1, 0.15) is 0 Å². The van der Waals surface area contributed by atoms with E-state index < -0.39 is 6.09 Å². The molecule has 0 spiro atoms. The number of hydrogen-bond acceptors (Lipinski definition) is 4. The fourth-order valence-corrected chi connectivity index (χ4v) is 0.841. The van der Waals surface area contributed by atoms with Crippen LogP contribution < -0.4 is 5.32 Å². The van der Waals surface area contributed by atoms with Gasteiger partial charge in [-0.25, -0.2) is 4.79 Å². The van der Waals surface area contributed by atoms with E-state index in [-0.39, 0.29) is 16.5 Å². The highest BCUT2D eigenvalue weighted by Crippen LogP contribution is 2.08. The fourth-order valence-electron chi connectivity index (χ4n) is 0.477. The minimum Gasteiger partial charge on any atom is -0.465 e. The van der Waals surface area contributed by atoms with Crippen LogP contribution in [0.1, 0.15) is 0 Å². The Morgan fingerprint density at radius 2 is 1.75 bits per heavy atom. The van der Waals surface area contributed by atoms with Gasteiger partial charge in [0.05, 0.1) is 0 Å². The summed E-state index contributed by atoms with van der Waals surface area (Å²) in [7, 11) is 0. The maximum atomic E-state index is 10.1. The summed E-state index contributed by atoms with van der Waals surface area (Å²) >= 11 is 10.7. The molecule has 1 heterocycles. The van der Waals surface area contributed by atoms with Crippen molar-refractivity contribution in [3.8, 4) is 0 Å². The minimum absolute atomic E-state index is 0.168. The van der Waals surface area contributed by atoms with Crippen molar-refractivity contribution in [3.05, 3.63) is 10.6 Å². The second-order valence-electron chi connectivity index (χ2n) is 1.63. The highest BCUT2D eigenvalue weighted by Gasteiger charge is 2.04. The number of hydrogen-bond donors (Lipinski definition) is 2. The number of nitrogens with zero attached hydrogens (tertiary/aromatic N) is 3. The van der Waals surface area contributed by atoms with E-state index in [4.69, 9.17) is 28.3 Å². The van der Waals surface area contributed by atoms with E-state index in [9.17, 15) is 4.79 Å². The van der Waals surface area contributed by atoms with Crippen LogP contribution in [-0.4, -0.2) is 26.2 Å². The quantitative estimate of drug-likeness (QED) is 0.726. The zero-order valence-electron chi connectivity index (χ0n) is 5.45. The molecule has 8 heteroatoms. The van der Waals surface area contributed by atoms with Crippen LogP contribution in [0.3, 0.4) is 0 Å². The molecule has 1 amide bonds. The normalized spacial score (nSPS) is 9.50. The predicted octanol–water partition coefficient (Wildman–Crippen LogP) is 1.27. The topological polar surface area (TPSA) is 88.0 Å². The van der Waals surface area contributed by atoms with Crippen molar-refractivity contribution in [1.82, 2.24) is 15.0 Å². The van der Waals surface area contributed by atoms with E-state index in [0.717, 1.165) is 0 Å². The summed E-state index contributed by atoms with van der Waals surface area (Å²) in [4.78, 5) is 20.4. The van der Waals surface area contributed by atoms with Gasteiger partial charge in [0.25, 0.3) is 0 Å². The minimum atomic E-state index is -1.30. The van der Waals surface area contributed by atoms with Gasteiger partial charge >= 0.3 is 6.09 Å². The molecule has 0 aliphatic rings.